The molecule has 1 heterocycles. The molecule has 2 aromatic rings. The Bertz CT molecular complexity index is 985. The first kappa shape index (κ1) is 11.1. The van der Waals surface area contributed by atoms with Crippen LogP contribution in [0.2, 0.25) is 0 Å². The number of benzene rings is 3. The van der Waals surface area contributed by atoms with E-state index in [1.54, 1.807) is 12.1 Å². The molecule has 1 aliphatic carbocycles. The predicted molar refractivity (Wildman–Crippen MR) is 79.1 cm³/mol. The summed E-state index contributed by atoms with van der Waals surface area (Å²) in [5, 5.41) is 21.7. The van der Waals surface area contributed by atoms with Gasteiger partial charge in [-0.25, -0.2) is 0 Å². The van der Waals surface area contributed by atoms with Crippen LogP contribution in [0.5, 0.6) is 0 Å². The standard InChI is InChI=1S/C17H12N2O/c18-14-8-7-12-9-13-6-5-11-3-1-2-4-15(11)17(13)19(20)16(12)10-14/h1-10,18,20H. The minimum atomic E-state index is 0.389. The van der Waals surface area contributed by atoms with Gasteiger partial charge in [-0.3, -0.25) is 0 Å². The zero-order valence-electron chi connectivity index (χ0n) is 10.7. The molecular formula is C17H12N2O. The molecule has 2 N–H and O–H groups in total. The molecule has 0 spiro atoms. The van der Waals surface area contributed by atoms with Gasteiger partial charge in [0.25, 0.3) is 0 Å². The third-order valence-electron chi connectivity index (χ3n) is 3.71. The minimum absolute atomic E-state index is 0.389. The van der Waals surface area contributed by atoms with Crippen LogP contribution < -0.4 is 5.36 Å². The molecule has 96 valence electrons. The molecule has 0 aromatic heterocycles. The van der Waals surface area contributed by atoms with Gasteiger partial charge in [-0.05, 0) is 23.6 Å². The number of pyridine rings is 1. The molecule has 2 aliphatic rings. The van der Waals surface area contributed by atoms with Gasteiger partial charge < -0.3 is 10.6 Å². The first-order valence-electron chi connectivity index (χ1n) is 6.45. The van der Waals surface area contributed by atoms with Gasteiger partial charge in [-0.1, -0.05) is 42.5 Å². The second-order valence-corrected chi connectivity index (χ2v) is 4.95. The second-order valence-electron chi connectivity index (χ2n) is 4.95. The number of hydrogen-bond donors (Lipinski definition) is 2. The Morgan fingerprint density at radius 2 is 1.65 bits per heavy atom. The van der Waals surface area contributed by atoms with E-state index < -0.39 is 0 Å². The summed E-state index contributed by atoms with van der Waals surface area (Å²) in [7, 11) is 0. The quantitative estimate of drug-likeness (QED) is 0.283. The molecular weight excluding hydrogens is 248 g/mol. The molecule has 3 heteroatoms. The van der Waals surface area contributed by atoms with Crippen LogP contribution >= 0.6 is 0 Å². The van der Waals surface area contributed by atoms with Gasteiger partial charge in [-0.2, -0.15) is 4.73 Å². The lowest BCUT2D eigenvalue weighted by Crippen LogP contribution is -2.07. The van der Waals surface area contributed by atoms with Crippen molar-refractivity contribution in [2.45, 2.75) is 0 Å². The summed E-state index contributed by atoms with van der Waals surface area (Å²) in [5.41, 5.74) is 2.36. The van der Waals surface area contributed by atoms with Crippen LogP contribution in [-0.4, -0.2) is 9.94 Å². The lowest BCUT2D eigenvalue weighted by molar-refractivity contribution is 0.203. The first-order chi connectivity index (χ1) is 9.74. The van der Waals surface area contributed by atoms with Crippen molar-refractivity contribution < 1.29 is 5.21 Å². The van der Waals surface area contributed by atoms with E-state index in [2.05, 4.69) is 6.07 Å². The van der Waals surface area contributed by atoms with Gasteiger partial charge in [0, 0.05) is 16.3 Å². The number of aromatic nitrogens is 1. The summed E-state index contributed by atoms with van der Waals surface area (Å²) in [6.07, 6.45) is 0. The number of rotatable bonds is 0. The van der Waals surface area contributed by atoms with Crippen LogP contribution in [0, 0.1) is 5.41 Å². The fourth-order valence-corrected chi connectivity index (χ4v) is 2.76. The van der Waals surface area contributed by atoms with E-state index in [0.29, 0.717) is 11.1 Å². The van der Waals surface area contributed by atoms with Crippen molar-refractivity contribution in [3.8, 4) is 11.3 Å². The zero-order valence-corrected chi connectivity index (χ0v) is 10.7. The number of nitrogens with one attached hydrogen (secondary N) is 1. The van der Waals surface area contributed by atoms with Gasteiger partial charge >= 0.3 is 0 Å². The van der Waals surface area contributed by atoms with Crippen molar-refractivity contribution in [3.63, 3.8) is 0 Å². The van der Waals surface area contributed by atoms with E-state index in [0.717, 1.165) is 27.2 Å². The largest absolute Gasteiger partial charge is 0.428 e. The van der Waals surface area contributed by atoms with Crippen LogP contribution in [0.25, 0.3) is 32.9 Å². The molecule has 0 atom stereocenters. The maximum atomic E-state index is 10.6. The highest BCUT2D eigenvalue weighted by Crippen LogP contribution is 2.31. The van der Waals surface area contributed by atoms with E-state index in [-0.39, 0.29) is 0 Å². The topological polar surface area (TPSA) is 49.0 Å². The number of fused-ring (bicyclic) bond motifs is 4. The Labute approximate surface area is 115 Å². The maximum absolute atomic E-state index is 10.6. The Hall–Kier alpha value is -2.81. The maximum Gasteiger partial charge on any atom is 0.0950 e. The van der Waals surface area contributed by atoms with Crippen LogP contribution in [0.1, 0.15) is 0 Å². The molecule has 20 heavy (non-hydrogen) atoms. The average molecular weight is 260 g/mol. The van der Waals surface area contributed by atoms with Crippen molar-refractivity contribution >= 4 is 21.7 Å². The van der Waals surface area contributed by atoms with Crippen LogP contribution in [0.4, 0.5) is 0 Å². The fourth-order valence-electron chi connectivity index (χ4n) is 2.76. The van der Waals surface area contributed by atoms with Crippen molar-refractivity contribution in [2.75, 3.05) is 0 Å². The predicted octanol–water partition coefficient (Wildman–Crippen LogP) is 3.62. The normalized spacial score (nSPS) is 11.4. The summed E-state index contributed by atoms with van der Waals surface area (Å²) in [6, 6.07) is 19.4. The van der Waals surface area contributed by atoms with Crippen LogP contribution in [0.15, 0.2) is 60.7 Å². The van der Waals surface area contributed by atoms with Gasteiger partial charge in [-0.15, -0.1) is 0 Å². The molecule has 4 rings (SSSR count). The molecule has 1 aliphatic heterocycles. The third-order valence-corrected chi connectivity index (χ3v) is 3.71. The lowest BCUT2D eigenvalue weighted by atomic mass is 10.0. The summed E-state index contributed by atoms with van der Waals surface area (Å²) in [4.78, 5) is 0. The van der Waals surface area contributed by atoms with E-state index in [1.807, 2.05) is 42.5 Å². The van der Waals surface area contributed by atoms with Gasteiger partial charge in [0.1, 0.15) is 0 Å². The Morgan fingerprint density at radius 1 is 0.850 bits per heavy atom. The molecule has 0 fully saturated rings. The zero-order chi connectivity index (χ0) is 13.7. The van der Waals surface area contributed by atoms with Crippen molar-refractivity contribution in [2.24, 2.45) is 0 Å². The van der Waals surface area contributed by atoms with Gasteiger partial charge in [0.15, 0.2) is 0 Å². The van der Waals surface area contributed by atoms with Crippen LogP contribution in [0.3, 0.4) is 0 Å². The highest BCUT2D eigenvalue weighted by atomic mass is 16.5. The van der Waals surface area contributed by atoms with E-state index in [9.17, 15) is 5.21 Å². The summed E-state index contributed by atoms with van der Waals surface area (Å²) < 4.78 is 1.20. The summed E-state index contributed by atoms with van der Waals surface area (Å²) in [6.45, 7) is 0. The summed E-state index contributed by atoms with van der Waals surface area (Å²) in [5.74, 6) is 0. The Balaban J connectivity index is 2.32. The summed E-state index contributed by atoms with van der Waals surface area (Å²) >= 11 is 0. The smallest absolute Gasteiger partial charge is 0.0950 e. The SMILES string of the molecule is N=c1ccc2cc3ccc4ccccc4c3n(O)c-2c1. The lowest BCUT2D eigenvalue weighted by Gasteiger charge is -2.15. The van der Waals surface area contributed by atoms with Crippen molar-refractivity contribution in [1.82, 2.24) is 4.73 Å². The number of nitrogens with zero attached hydrogens (tertiary/aromatic N) is 1. The minimum Gasteiger partial charge on any atom is -0.428 e. The van der Waals surface area contributed by atoms with E-state index in [1.165, 1.54) is 4.73 Å². The van der Waals surface area contributed by atoms with Gasteiger partial charge in [0.2, 0.25) is 0 Å². The van der Waals surface area contributed by atoms with E-state index in [4.69, 9.17) is 5.41 Å². The number of hydrogen-bond acceptors (Lipinski definition) is 2. The highest BCUT2D eigenvalue weighted by molar-refractivity contribution is 6.06. The van der Waals surface area contributed by atoms with Gasteiger partial charge in [0.05, 0.1) is 16.6 Å². The van der Waals surface area contributed by atoms with Crippen molar-refractivity contribution in [3.05, 3.63) is 66.0 Å². The molecule has 0 bridgehead atoms. The molecule has 0 unspecified atom stereocenters. The highest BCUT2D eigenvalue weighted by Gasteiger charge is 2.12. The molecule has 3 nitrogen and oxygen atoms in total. The molecule has 2 aromatic carbocycles. The first-order valence-corrected chi connectivity index (χ1v) is 6.45. The molecule has 0 amide bonds. The second kappa shape index (κ2) is 3.84. The molecule has 0 radical (unpaired) electrons. The Kier molecular flexibility index (Phi) is 2.12. The van der Waals surface area contributed by atoms with Crippen LogP contribution in [-0.2, 0) is 0 Å². The monoisotopic (exact) mass is 260 g/mol. The average Bonchev–Trinajstić information content (AvgIpc) is 2.48. The molecule has 0 saturated heterocycles. The molecule has 0 saturated carbocycles. The fraction of sp³-hybridized carbons (Fsp3) is 0. The third kappa shape index (κ3) is 1.43. The van der Waals surface area contributed by atoms with E-state index >= 15 is 0 Å². The van der Waals surface area contributed by atoms with Crippen molar-refractivity contribution in [1.29, 1.82) is 5.41 Å². The Morgan fingerprint density at radius 3 is 2.55 bits per heavy atom.